The predicted octanol–water partition coefficient (Wildman–Crippen LogP) is 4.12. The summed E-state index contributed by atoms with van der Waals surface area (Å²) in [6.45, 7) is 2.03. The first-order valence-corrected chi connectivity index (χ1v) is 6.27. The molecule has 0 unspecified atom stereocenters. The SMILES string of the molecule is Cc1ccc(-c2ccc(-c3ccccc3)cn2)nc1. The average Bonchev–Trinajstić information content (AvgIpc) is 2.49. The van der Waals surface area contributed by atoms with Crippen LogP contribution in [0.4, 0.5) is 0 Å². The van der Waals surface area contributed by atoms with Crippen molar-refractivity contribution < 1.29 is 0 Å². The van der Waals surface area contributed by atoms with Gasteiger partial charge in [0.25, 0.3) is 0 Å². The molecular weight excluding hydrogens is 232 g/mol. The van der Waals surface area contributed by atoms with Gasteiger partial charge in [-0.2, -0.15) is 0 Å². The van der Waals surface area contributed by atoms with Crippen molar-refractivity contribution in [3.05, 3.63) is 72.6 Å². The van der Waals surface area contributed by atoms with Gasteiger partial charge in [-0.15, -0.1) is 0 Å². The van der Waals surface area contributed by atoms with Gasteiger partial charge in [-0.25, -0.2) is 0 Å². The molecule has 2 aromatic heterocycles. The molecule has 0 amide bonds. The lowest BCUT2D eigenvalue weighted by molar-refractivity contribution is 1.22. The van der Waals surface area contributed by atoms with Crippen LogP contribution >= 0.6 is 0 Å². The van der Waals surface area contributed by atoms with Gasteiger partial charge in [0.1, 0.15) is 0 Å². The normalized spacial score (nSPS) is 10.4. The third-order valence-electron chi connectivity index (χ3n) is 3.04. The van der Waals surface area contributed by atoms with Crippen molar-refractivity contribution in [1.29, 1.82) is 0 Å². The fraction of sp³-hybridized carbons (Fsp3) is 0.0588. The van der Waals surface area contributed by atoms with Crippen LogP contribution in [0.5, 0.6) is 0 Å². The van der Waals surface area contributed by atoms with Crippen molar-refractivity contribution in [3.63, 3.8) is 0 Å². The van der Waals surface area contributed by atoms with Crippen molar-refractivity contribution in [1.82, 2.24) is 9.97 Å². The van der Waals surface area contributed by atoms with E-state index in [4.69, 9.17) is 0 Å². The minimum absolute atomic E-state index is 0.902. The van der Waals surface area contributed by atoms with Gasteiger partial charge in [-0.05, 0) is 30.2 Å². The highest BCUT2D eigenvalue weighted by Gasteiger charge is 2.02. The third kappa shape index (κ3) is 2.52. The molecule has 0 radical (unpaired) electrons. The molecule has 1 aromatic carbocycles. The first-order valence-electron chi connectivity index (χ1n) is 6.27. The van der Waals surface area contributed by atoms with Crippen LogP contribution < -0.4 is 0 Å². The Morgan fingerprint density at radius 2 is 1.32 bits per heavy atom. The van der Waals surface area contributed by atoms with Crippen LogP contribution in [0.2, 0.25) is 0 Å². The predicted molar refractivity (Wildman–Crippen MR) is 77.6 cm³/mol. The summed E-state index contributed by atoms with van der Waals surface area (Å²) in [6.07, 6.45) is 3.76. The van der Waals surface area contributed by atoms with E-state index in [2.05, 4.69) is 34.2 Å². The van der Waals surface area contributed by atoms with Gasteiger partial charge >= 0.3 is 0 Å². The van der Waals surface area contributed by atoms with E-state index in [0.717, 1.165) is 22.5 Å². The molecular formula is C17H14N2. The quantitative estimate of drug-likeness (QED) is 0.679. The van der Waals surface area contributed by atoms with Gasteiger partial charge in [-0.3, -0.25) is 9.97 Å². The van der Waals surface area contributed by atoms with Crippen molar-refractivity contribution in [2.45, 2.75) is 6.92 Å². The highest BCUT2D eigenvalue weighted by Crippen LogP contribution is 2.21. The molecule has 0 saturated heterocycles. The fourth-order valence-corrected chi connectivity index (χ4v) is 1.97. The van der Waals surface area contributed by atoms with E-state index in [1.807, 2.05) is 49.6 Å². The topological polar surface area (TPSA) is 25.8 Å². The van der Waals surface area contributed by atoms with E-state index in [1.165, 1.54) is 5.56 Å². The van der Waals surface area contributed by atoms with Crippen molar-refractivity contribution >= 4 is 0 Å². The fourth-order valence-electron chi connectivity index (χ4n) is 1.97. The number of aromatic nitrogens is 2. The second-order valence-corrected chi connectivity index (χ2v) is 4.52. The number of aryl methyl sites for hydroxylation is 1. The number of nitrogens with zero attached hydrogens (tertiary/aromatic N) is 2. The molecule has 0 fully saturated rings. The Balaban J connectivity index is 1.93. The molecule has 0 bridgehead atoms. The van der Waals surface area contributed by atoms with Crippen molar-refractivity contribution in [2.75, 3.05) is 0 Å². The monoisotopic (exact) mass is 246 g/mol. The minimum Gasteiger partial charge on any atom is -0.254 e. The third-order valence-corrected chi connectivity index (χ3v) is 3.04. The van der Waals surface area contributed by atoms with Gasteiger partial charge in [0.05, 0.1) is 11.4 Å². The molecule has 2 heterocycles. The molecule has 2 heteroatoms. The smallest absolute Gasteiger partial charge is 0.0886 e. The Morgan fingerprint density at radius 1 is 0.632 bits per heavy atom. The lowest BCUT2D eigenvalue weighted by Crippen LogP contribution is -1.88. The van der Waals surface area contributed by atoms with E-state index >= 15 is 0 Å². The van der Waals surface area contributed by atoms with Gasteiger partial charge < -0.3 is 0 Å². The summed E-state index contributed by atoms with van der Waals surface area (Å²) in [7, 11) is 0. The average molecular weight is 246 g/mol. The van der Waals surface area contributed by atoms with E-state index in [9.17, 15) is 0 Å². The maximum absolute atomic E-state index is 4.49. The second-order valence-electron chi connectivity index (χ2n) is 4.52. The lowest BCUT2D eigenvalue weighted by atomic mass is 10.1. The number of rotatable bonds is 2. The highest BCUT2D eigenvalue weighted by molar-refractivity contribution is 5.65. The number of pyridine rings is 2. The zero-order valence-electron chi connectivity index (χ0n) is 10.7. The summed E-state index contributed by atoms with van der Waals surface area (Å²) in [5.41, 5.74) is 5.27. The number of hydrogen-bond donors (Lipinski definition) is 0. The van der Waals surface area contributed by atoms with Crippen LogP contribution in [0.3, 0.4) is 0 Å². The van der Waals surface area contributed by atoms with E-state index in [-0.39, 0.29) is 0 Å². The summed E-state index contributed by atoms with van der Waals surface area (Å²) in [4.78, 5) is 8.88. The summed E-state index contributed by atoms with van der Waals surface area (Å²) >= 11 is 0. The molecule has 0 N–H and O–H groups in total. The molecule has 3 aromatic rings. The summed E-state index contributed by atoms with van der Waals surface area (Å²) in [5, 5.41) is 0. The van der Waals surface area contributed by atoms with E-state index in [1.54, 1.807) is 0 Å². The van der Waals surface area contributed by atoms with Crippen LogP contribution in [0.25, 0.3) is 22.5 Å². The molecule has 3 rings (SSSR count). The molecule has 0 spiro atoms. The highest BCUT2D eigenvalue weighted by atomic mass is 14.8. The second kappa shape index (κ2) is 5.02. The molecule has 0 atom stereocenters. The summed E-state index contributed by atoms with van der Waals surface area (Å²) in [5.74, 6) is 0. The lowest BCUT2D eigenvalue weighted by Gasteiger charge is -2.03. The van der Waals surface area contributed by atoms with E-state index < -0.39 is 0 Å². The Labute approximate surface area is 112 Å². The van der Waals surface area contributed by atoms with Crippen LogP contribution in [-0.2, 0) is 0 Å². The van der Waals surface area contributed by atoms with Crippen LogP contribution in [0.15, 0.2) is 67.0 Å². The molecule has 0 aliphatic rings. The maximum Gasteiger partial charge on any atom is 0.0886 e. The first kappa shape index (κ1) is 11.6. The molecule has 19 heavy (non-hydrogen) atoms. The standard InChI is InChI=1S/C17H14N2/c1-13-7-9-16(18-11-13)17-10-8-15(12-19-17)14-5-3-2-4-6-14/h2-12H,1H3. The summed E-state index contributed by atoms with van der Waals surface area (Å²) < 4.78 is 0. The maximum atomic E-state index is 4.49. The van der Waals surface area contributed by atoms with E-state index in [0.29, 0.717) is 0 Å². The van der Waals surface area contributed by atoms with Gasteiger partial charge in [-0.1, -0.05) is 42.5 Å². The molecule has 0 aliphatic heterocycles. The van der Waals surface area contributed by atoms with Crippen molar-refractivity contribution in [2.24, 2.45) is 0 Å². The van der Waals surface area contributed by atoms with Crippen molar-refractivity contribution in [3.8, 4) is 22.5 Å². The summed E-state index contributed by atoms with van der Waals surface area (Å²) in [6, 6.07) is 18.4. The molecule has 2 nitrogen and oxygen atoms in total. The Kier molecular flexibility index (Phi) is 3.07. The Morgan fingerprint density at radius 3 is 1.89 bits per heavy atom. The Hall–Kier alpha value is -2.48. The Bertz CT molecular complexity index is 656. The number of hydrogen-bond acceptors (Lipinski definition) is 2. The number of benzene rings is 1. The first-order chi connectivity index (χ1) is 9.33. The van der Waals surface area contributed by atoms with Gasteiger partial charge in [0.2, 0.25) is 0 Å². The van der Waals surface area contributed by atoms with Crippen LogP contribution in [0, 0.1) is 6.92 Å². The molecule has 0 saturated carbocycles. The largest absolute Gasteiger partial charge is 0.254 e. The molecule has 0 aliphatic carbocycles. The minimum atomic E-state index is 0.902. The zero-order chi connectivity index (χ0) is 13.1. The van der Waals surface area contributed by atoms with Crippen LogP contribution in [0.1, 0.15) is 5.56 Å². The molecule has 92 valence electrons. The van der Waals surface area contributed by atoms with Crippen LogP contribution in [-0.4, -0.2) is 9.97 Å². The van der Waals surface area contributed by atoms with Gasteiger partial charge in [0.15, 0.2) is 0 Å². The van der Waals surface area contributed by atoms with Gasteiger partial charge in [0, 0.05) is 18.0 Å². The zero-order valence-corrected chi connectivity index (χ0v) is 10.7.